The number of amides is 1. The van der Waals surface area contributed by atoms with Crippen LogP contribution in [0.3, 0.4) is 0 Å². The molecule has 0 aliphatic rings. The highest BCUT2D eigenvalue weighted by atomic mass is 35.5. The number of methoxy groups -OCH3 is 1. The molecule has 2 rings (SSSR count). The number of nitrogens with one attached hydrogen (secondary N) is 2. The number of hydrogen-bond donors (Lipinski definition) is 2. The van der Waals surface area contributed by atoms with Crippen LogP contribution in [0.1, 0.15) is 11.1 Å². The number of ether oxygens (including phenoxy) is 1. The number of carbonyl (C=O) groups excluding carboxylic acids is 1. The number of nitrogens with zero attached hydrogens (tertiary/aromatic N) is 1. The molecule has 2 N–H and O–H groups in total. The highest BCUT2D eigenvalue weighted by molar-refractivity contribution is 6.42. The molecular weight excluding hydrogens is 393 g/mol. The number of carbonyl (C=O) groups is 1. The number of rotatable bonds is 7. The molecule has 0 radical (unpaired) electrons. The van der Waals surface area contributed by atoms with E-state index in [1.54, 1.807) is 13.0 Å². The van der Waals surface area contributed by atoms with E-state index in [-0.39, 0.29) is 23.9 Å². The lowest BCUT2D eigenvalue weighted by atomic mass is 10.1. The molecule has 144 valence electrons. The number of likely N-dealkylation sites (N-methyl/N-ethyl adjacent to an activating group) is 1. The maximum absolute atomic E-state index is 12.4. The second-order valence-electron chi connectivity index (χ2n) is 6.17. The van der Waals surface area contributed by atoms with Crippen LogP contribution in [-0.4, -0.2) is 31.5 Å². The second-order valence-corrected chi connectivity index (χ2v) is 6.95. The number of hydrogen-bond acceptors (Lipinski definition) is 4. The Morgan fingerprint density at radius 1 is 1.33 bits per heavy atom. The van der Waals surface area contributed by atoms with Crippen LogP contribution in [0.4, 0.5) is 11.4 Å². The third-order valence-corrected chi connectivity index (χ3v) is 4.84. The number of benzene rings is 2. The van der Waals surface area contributed by atoms with E-state index < -0.39 is 4.92 Å². The molecule has 7 nitrogen and oxygen atoms in total. The van der Waals surface area contributed by atoms with Gasteiger partial charge in [-0.2, -0.15) is 0 Å². The molecule has 0 fully saturated rings. The van der Waals surface area contributed by atoms with Gasteiger partial charge in [-0.25, -0.2) is 0 Å². The molecule has 0 bridgehead atoms. The van der Waals surface area contributed by atoms with Crippen LogP contribution in [0.15, 0.2) is 30.3 Å². The molecule has 0 aliphatic heterocycles. The summed E-state index contributed by atoms with van der Waals surface area (Å²) in [5.41, 5.74) is 1.75. The lowest BCUT2D eigenvalue weighted by molar-refractivity contribution is -0.885. The predicted molar refractivity (Wildman–Crippen MR) is 105 cm³/mol. The minimum Gasteiger partial charge on any atom is -0.490 e. The number of anilines is 1. The highest BCUT2D eigenvalue weighted by Gasteiger charge is 2.19. The van der Waals surface area contributed by atoms with E-state index >= 15 is 0 Å². The Labute approximate surface area is 167 Å². The molecule has 0 aromatic heterocycles. The number of nitro benzene ring substituents is 1. The van der Waals surface area contributed by atoms with Crippen LogP contribution in [0.25, 0.3) is 0 Å². The Kier molecular flexibility index (Phi) is 7.01. The molecule has 1 amide bonds. The van der Waals surface area contributed by atoms with Gasteiger partial charge in [0.15, 0.2) is 12.3 Å². The van der Waals surface area contributed by atoms with Gasteiger partial charge in [-0.15, -0.1) is 0 Å². The van der Waals surface area contributed by atoms with Crippen LogP contribution in [-0.2, 0) is 11.3 Å². The van der Waals surface area contributed by atoms with Gasteiger partial charge in [0.05, 0.1) is 29.1 Å². The Morgan fingerprint density at radius 3 is 2.67 bits per heavy atom. The zero-order chi connectivity index (χ0) is 20.1. The van der Waals surface area contributed by atoms with Gasteiger partial charge in [0, 0.05) is 23.4 Å². The number of quaternary nitrogens is 1. The summed E-state index contributed by atoms with van der Waals surface area (Å²) in [6.45, 7) is 2.39. The molecule has 0 saturated heterocycles. The second kappa shape index (κ2) is 9.03. The first kappa shape index (κ1) is 21.0. The fraction of sp³-hybridized carbons (Fsp3) is 0.278. The minimum absolute atomic E-state index is 0.0901. The molecule has 0 aliphatic carbocycles. The third kappa shape index (κ3) is 5.32. The lowest BCUT2D eigenvalue weighted by Crippen LogP contribution is -3.08. The molecular formula is C18H20Cl2N3O4+. The normalized spacial score (nSPS) is 11.7. The average molecular weight is 413 g/mol. The van der Waals surface area contributed by atoms with Crippen molar-refractivity contribution < 1.29 is 19.4 Å². The van der Waals surface area contributed by atoms with E-state index in [0.29, 0.717) is 27.8 Å². The quantitative estimate of drug-likeness (QED) is 0.540. The smallest absolute Gasteiger partial charge is 0.311 e. The highest BCUT2D eigenvalue weighted by Crippen LogP contribution is 2.32. The summed E-state index contributed by atoms with van der Waals surface area (Å²) >= 11 is 12.2. The standard InChI is InChI=1S/C18H19Cl2N3O4/c1-11-7-15(23(25)26)16(27-3)8-14(11)21-17(24)10-22(2)9-12-5-4-6-13(19)18(12)20/h4-8H,9-10H2,1-3H3,(H,21,24)/p+1. The van der Waals surface area contributed by atoms with Crippen molar-refractivity contribution in [2.75, 3.05) is 26.0 Å². The van der Waals surface area contributed by atoms with Gasteiger partial charge in [-0.05, 0) is 18.6 Å². The van der Waals surface area contributed by atoms with Crippen LogP contribution in [0.5, 0.6) is 5.75 Å². The average Bonchev–Trinajstić information content (AvgIpc) is 2.60. The van der Waals surface area contributed by atoms with Gasteiger partial charge < -0.3 is 15.0 Å². The molecule has 0 spiro atoms. The molecule has 9 heteroatoms. The summed E-state index contributed by atoms with van der Waals surface area (Å²) in [5, 5.41) is 14.8. The van der Waals surface area contributed by atoms with Gasteiger partial charge in [0.25, 0.3) is 5.91 Å². The third-order valence-electron chi connectivity index (χ3n) is 3.98. The summed E-state index contributed by atoms with van der Waals surface area (Å²) < 4.78 is 5.04. The van der Waals surface area contributed by atoms with Crippen molar-refractivity contribution in [1.29, 1.82) is 0 Å². The van der Waals surface area contributed by atoms with Crippen molar-refractivity contribution >= 4 is 40.5 Å². The molecule has 1 unspecified atom stereocenters. The fourth-order valence-corrected chi connectivity index (χ4v) is 3.04. The van der Waals surface area contributed by atoms with Gasteiger partial charge >= 0.3 is 5.69 Å². The summed E-state index contributed by atoms with van der Waals surface area (Å²) in [6, 6.07) is 8.20. The zero-order valence-electron chi connectivity index (χ0n) is 15.1. The van der Waals surface area contributed by atoms with Crippen molar-refractivity contribution in [2.45, 2.75) is 13.5 Å². The van der Waals surface area contributed by atoms with E-state index in [1.165, 1.54) is 19.2 Å². The monoisotopic (exact) mass is 412 g/mol. The van der Waals surface area contributed by atoms with Crippen LogP contribution >= 0.6 is 23.2 Å². The van der Waals surface area contributed by atoms with Crippen molar-refractivity contribution in [3.63, 3.8) is 0 Å². The summed E-state index contributed by atoms with van der Waals surface area (Å²) in [4.78, 5) is 23.8. The largest absolute Gasteiger partial charge is 0.490 e. The molecule has 2 aromatic carbocycles. The van der Waals surface area contributed by atoms with Crippen LogP contribution in [0.2, 0.25) is 10.0 Å². The number of halogens is 2. The van der Waals surface area contributed by atoms with Crippen molar-refractivity contribution in [3.8, 4) is 5.75 Å². The van der Waals surface area contributed by atoms with E-state index in [1.807, 2.05) is 19.2 Å². The molecule has 0 saturated carbocycles. The summed E-state index contributed by atoms with van der Waals surface area (Å²) in [5.74, 6) is -0.142. The topological polar surface area (TPSA) is 85.9 Å². The molecule has 1 atom stereocenters. The van der Waals surface area contributed by atoms with E-state index in [0.717, 1.165) is 10.5 Å². The molecule has 27 heavy (non-hydrogen) atoms. The van der Waals surface area contributed by atoms with E-state index in [9.17, 15) is 14.9 Å². The Hall–Kier alpha value is -2.35. The van der Waals surface area contributed by atoms with Gasteiger partial charge in [0.2, 0.25) is 0 Å². The summed E-state index contributed by atoms with van der Waals surface area (Å²) in [7, 11) is 3.20. The Morgan fingerprint density at radius 2 is 2.04 bits per heavy atom. The maximum atomic E-state index is 12.4. The van der Waals surface area contributed by atoms with Gasteiger partial charge in [0.1, 0.15) is 6.54 Å². The first-order valence-electron chi connectivity index (χ1n) is 8.10. The molecule has 2 aromatic rings. The van der Waals surface area contributed by atoms with Crippen molar-refractivity contribution in [2.24, 2.45) is 0 Å². The van der Waals surface area contributed by atoms with Crippen LogP contribution in [0, 0.1) is 17.0 Å². The number of aryl methyl sites for hydroxylation is 1. The zero-order valence-corrected chi connectivity index (χ0v) is 16.6. The number of nitro groups is 1. The first-order valence-corrected chi connectivity index (χ1v) is 8.85. The van der Waals surface area contributed by atoms with Crippen molar-refractivity contribution in [3.05, 3.63) is 61.6 Å². The Balaban J connectivity index is 2.07. The Bertz CT molecular complexity index is 874. The van der Waals surface area contributed by atoms with E-state index in [2.05, 4.69) is 5.32 Å². The molecule has 0 heterocycles. The SMILES string of the molecule is COc1cc(NC(=O)C[NH+](C)Cc2cccc(Cl)c2Cl)c(C)cc1[N+](=O)[O-]. The van der Waals surface area contributed by atoms with Gasteiger partial charge in [-0.1, -0.05) is 35.3 Å². The fourth-order valence-electron chi connectivity index (χ4n) is 2.65. The minimum atomic E-state index is -0.524. The van der Waals surface area contributed by atoms with Crippen LogP contribution < -0.4 is 15.0 Å². The predicted octanol–water partition coefficient (Wildman–Crippen LogP) is 2.87. The van der Waals surface area contributed by atoms with Gasteiger partial charge in [-0.3, -0.25) is 14.9 Å². The van der Waals surface area contributed by atoms with Crippen molar-refractivity contribution in [1.82, 2.24) is 0 Å². The lowest BCUT2D eigenvalue weighted by Gasteiger charge is -2.16. The first-order chi connectivity index (χ1) is 12.7. The van der Waals surface area contributed by atoms with E-state index in [4.69, 9.17) is 27.9 Å². The maximum Gasteiger partial charge on any atom is 0.311 e. The summed E-state index contributed by atoms with van der Waals surface area (Å²) in [6.07, 6.45) is 0.